The summed E-state index contributed by atoms with van der Waals surface area (Å²) in [6, 6.07) is 1.47. The number of nitrogens with one attached hydrogen (secondary N) is 1. The number of nitrogen functional groups attached to an aromatic ring is 1. The van der Waals surface area contributed by atoms with E-state index in [1.807, 2.05) is 0 Å². The maximum atomic E-state index is 11.8. The van der Waals surface area contributed by atoms with Crippen molar-refractivity contribution in [2.45, 2.75) is 19.0 Å². The molecule has 0 aliphatic carbocycles. The lowest BCUT2D eigenvalue weighted by molar-refractivity contribution is -0.134. The lowest BCUT2D eigenvalue weighted by Gasteiger charge is -2.05. The summed E-state index contributed by atoms with van der Waals surface area (Å²) >= 11 is 0. The zero-order chi connectivity index (χ0) is 10.6. The Balaban J connectivity index is 2.59. The van der Waals surface area contributed by atoms with Crippen LogP contribution in [0.5, 0.6) is 0 Å². The third kappa shape index (κ3) is 3.56. The fraction of sp³-hybridized carbons (Fsp3) is 0.429. The van der Waals surface area contributed by atoms with Gasteiger partial charge in [0.1, 0.15) is 11.6 Å². The molecule has 0 unspecified atom stereocenters. The van der Waals surface area contributed by atoms with Gasteiger partial charge in [-0.15, -0.1) is 0 Å². The average Bonchev–Trinajstić information content (AvgIpc) is 2.14. The molecule has 0 radical (unpaired) electrons. The second-order valence-corrected chi connectivity index (χ2v) is 2.62. The average molecular weight is 206 g/mol. The SMILES string of the molecule is NNc1ccnc(CCC(F)(F)F)n1. The third-order valence-corrected chi connectivity index (χ3v) is 1.49. The van der Waals surface area contributed by atoms with Gasteiger partial charge in [0.05, 0.1) is 6.42 Å². The van der Waals surface area contributed by atoms with Crippen LogP contribution in [-0.2, 0) is 6.42 Å². The first-order valence-corrected chi connectivity index (χ1v) is 3.86. The normalized spacial score (nSPS) is 11.4. The van der Waals surface area contributed by atoms with Crippen molar-refractivity contribution in [3.05, 3.63) is 18.1 Å². The molecule has 0 aliphatic heterocycles. The van der Waals surface area contributed by atoms with Crippen molar-refractivity contribution >= 4 is 5.82 Å². The van der Waals surface area contributed by atoms with Crippen molar-refractivity contribution < 1.29 is 13.2 Å². The van der Waals surface area contributed by atoms with Crippen molar-refractivity contribution in [3.63, 3.8) is 0 Å². The molecule has 14 heavy (non-hydrogen) atoms. The predicted octanol–water partition coefficient (Wildman–Crippen LogP) is 1.26. The molecule has 0 bridgehead atoms. The molecule has 7 heteroatoms. The van der Waals surface area contributed by atoms with Crippen LogP contribution >= 0.6 is 0 Å². The molecule has 3 N–H and O–H groups in total. The zero-order valence-corrected chi connectivity index (χ0v) is 7.17. The summed E-state index contributed by atoms with van der Waals surface area (Å²) in [6.45, 7) is 0. The molecule has 1 rings (SSSR count). The summed E-state index contributed by atoms with van der Waals surface area (Å²) in [5, 5.41) is 0. The Kier molecular flexibility index (Phi) is 3.23. The van der Waals surface area contributed by atoms with E-state index in [0.29, 0.717) is 5.82 Å². The van der Waals surface area contributed by atoms with Gasteiger partial charge in [-0.1, -0.05) is 0 Å². The molecule has 4 nitrogen and oxygen atoms in total. The van der Waals surface area contributed by atoms with Crippen molar-refractivity contribution in [2.24, 2.45) is 5.84 Å². The van der Waals surface area contributed by atoms with Gasteiger partial charge in [0.25, 0.3) is 0 Å². The van der Waals surface area contributed by atoms with E-state index in [-0.39, 0.29) is 12.2 Å². The Hall–Kier alpha value is -1.37. The summed E-state index contributed by atoms with van der Waals surface area (Å²) < 4.78 is 35.5. The van der Waals surface area contributed by atoms with E-state index in [1.165, 1.54) is 12.3 Å². The first-order valence-electron chi connectivity index (χ1n) is 3.86. The quantitative estimate of drug-likeness (QED) is 0.577. The summed E-state index contributed by atoms with van der Waals surface area (Å²) in [5.74, 6) is 5.46. The number of hydrazine groups is 1. The van der Waals surface area contributed by atoms with Gasteiger partial charge in [0.15, 0.2) is 0 Å². The van der Waals surface area contributed by atoms with Gasteiger partial charge in [0, 0.05) is 18.7 Å². The maximum absolute atomic E-state index is 11.8. The Bertz CT molecular complexity index is 299. The number of alkyl halides is 3. The minimum Gasteiger partial charge on any atom is -0.308 e. The van der Waals surface area contributed by atoms with Crippen LogP contribution in [0.25, 0.3) is 0 Å². The van der Waals surface area contributed by atoms with Gasteiger partial charge in [-0.2, -0.15) is 13.2 Å². The second kappa shape index (κ2) is 4.23. The second-order valence-electron chi connectivity index (χ2n) is 2.62. The van der Waals surface area contributed by atoms with Crippen LogP contribution in [0.3, 0.4) is 0 Å². The van der Waals surface area contributed by atoms with Crippen LogP contribution in [0.1, 0.15) is 12.2 Å². The largest absolute Gasteiger partial charge is 0.389 e. The lowest BCUT2D eigenvalue weighted by atomic mass is 10.3. The van der Waals surface area contributed by atoms with Gasteiger partial charge in [0.2, 0.25) is 0 Å². The van der Waals surface area contributed by atoms with E-state index < -0.39 is 12.6 Å². The Morgan fingerprint density at radius 3 is 2.71 bits per heavy atom. The highest BCUT2D eigenvalue weighted by atomic mass is 19.4. The van der Waals surface area contributed by atoms with Crippen molar-refractivity contribution in [1.29, 1.82) is 0 Å². The van der Waals surface area contributed by atoms with E-state index >= 15 is 0 Å². The number of aryl methyl sites for hydroxylation is 1. The van der Waals surface area contributed by atoms with E-state index in [1.54, 1.807) is 0 Å². The van der Waals surface area contributed by atoms with E-state index in [0.717, 1.165) is 0 Å². The molecule has 1 aromatic heterocycles. The number of rotatable bonds is 3. The highest BCUT2D eigenvalue weighted by Crippen LogP contribution is 2.21. The molecule has 0 aliphatic rings. The molecule has 0 atom stereocenters. The summed E-state index contributed by atoms with van der Waals surface area (Å²) in [5.41, 5.74) is 2.23. The molecule has 1 heterocycles. The number of nitrogens with zero attached hydrogens (tertiary/aromatic N) is 2. The highest BCUT2D eigenvalue weighted by molar-refractivity contribution is 5.30. The van der Waals surface area contributed by atoms with Crippen molar-refractivity contribution in [1.82, 2.24) is 9.97 Å². The molecular formula is C7H9F3N4. The number of nitrogens with two attached hydrogens (primary N) is 1. The molecule has 0 saturated carbocycles. The van der Waals surface area contributed by atoms with E-state index in [9.17, 15) is 13.2 Å². The standard InChI is InChI=1S/C7H9F3N4/c8-7(9,10)3-1-5-12-4-2-6(13-5)14-11/h2,4H,1,3,11H2,(H,12,13,14). The fourth-order valence-corrected chi connectivity index (χ4v) is 0.853. The number of anilines is 1. The molecule has 0 amide bonds. The highest BCUT2D eigenvalue weighted by Gasteiger charge is 2.26. The molecule has 0 spiro atoms. The van der Waals surface area contributed by atoms with Crippen molar-refractivity contribution in [2.75, 3.05) is 5.43 Å². The van der Waals surface area contributed by atoms with E-state index in [4.69, 9.17) is 5.84 Å². The first kappa shape index (κ1) is 10.7. The summed E-state index contributed by atoms with van der Waals surface area (Å²) in [6.07, 6.45) is -4.00. The predicted molar refractivity (Wildman–Crippen MR) is 44.2 cm³/mol. The minimum atomic E-state index is -4.19. The van der Waals surface area contributed by atoms with Crippen LogP contribution in [-0.4, -0.2) is 16.1 Å². The van der Waals surface area contributed by atoms with Crippen LogP contribution in [0, 0.1) is 0 Å². The molecule has 0 saturated heterocycles. The first-order chi connectivity index (χ1) is 6.51. The zero-order valence-electron chi connectivity index (χ0n) is 7.17. The van der Waals surface area contributed by atoms with Gasteiger partial charge in [-0.25, -0.2) is 15.8 Å². The Labute approximate surface area is 78.3 Å². The summed E-state index contributed by atoms with van der Waals surface area (Å²) in [4.78, 5) is 7.43. The number of halogens is 3. The van der Waals surface area contributed by atoms with Gasteiger partial charge >= 0.3 is 6.18 Å². The summed E-state index contributed by atoms with van der Waals surface area (Å²) in [7, 11) is 0. The monoisotopic (exact) mass is 206 g/mol. The topological polar surface area (TPSA) is 63.8 Å². The van der Waals surface area contributed by atoms with Crippen LogP contribution < -0.4 is 11.3 Å². The van der Waals surface area contributed by atoms with Gasteiger partial charge in [-0.3, -0.25) is 0 Å². The third-order valence-electron chi connectivity index (χ3n) is 1.49. The Morgan fingerprint density at radius 1 is 1.43 bits per heavy atom. The molecular weight excluding hydrogens is 197 g/mol. The molecule has 0 fully saturated rings. The number of hydrogen-bond donors (Lipinski definition) is 2. The molecule has 1 aromatic rings. The number of hydrogen-bond acceptors (Lipinski definition) is 4. The minimum absolute atomic E-state index is 0.123. The Morgan fingerprint density at radius 2 is 2.14 bits per heavy atom. The number of aromatic nitrogens is 2. The van der Waals surface area contributed by atoms with Crippen molar-refractivity contribution in [3.8, 4) is 0 Å². The molecule has 0 aromatic carbocycles. The van der Waals surface area contributed by atoms with Crippen LogP contribution in [0.15, 0.2) is 12.3 Å². The fourth-order valence-electron chi connectivity index (χ4n) is 0.853. The smallest absolute Gasteiger partial charge is 0.308 e. The molecule has 78 valence electrons. The van der Waals surface area contributed by atoms with E-state index in [2.05, 4.69) is 15.4 Å². The van der Waals surface area contributed by atoms with Crippen LogP contribution in [0.4, 0.5) is 19.0 Å². The maximum Gasteiger partial charge on any atom is 0.389 e. The van der Waals surface area contributed by atoms with Gasteiger partial charge in [-0.05, 0) is 0 Å². The van der Waals surface area contributed by atoms with Gasteiger partial charge < -0.3 is 5.43 Å². The lowest BCUT2D eigenvalue weighted by Crippen LogP contribution is -2.12. The van der Waals surface area contributed by atoms with Crippen LogP contribution in [0.2, 0.25) is 0 Å².